The molecule has 5 fully saturated rings. The van der Waals surface area contributed by atoms with Gasteiger partial charge in [0, 0.05) is 20.2 Å². The van der Waals surface area contributed by atoms with Gasteiger partial charge in [-0.15, -0.1) is 0 Å². The number of carboxylic acid groups (broad SMARTS) is 1. The molecule has 3 unspecified atom stereocenters. The van der Waals surface area contributed by atoms with Crippen molar-refractivity contribution in [2.24, 2.45) is 5.92 Å². The maximum absolute atomic E-state index is 10.7. The minimum absolute atomic E-state index is 0.0756. The molecule has 4 heterocycles. The van der Waals surface area contributed by atoms with Crippen molar-refractivity contribution in [3.05, 3.63) is 11.6 Å². The van der Waals surface area contributed by atoms with Gasteiger partial charge in [-0.05, 0) is 46.5 Å². The van der Waals surface area contributed by atoms with Crippen LogP contribution in [0.3, 0.4) is 0 Å². The van der Waals surface area contributed by atoms with E-state index in [1.165, 1.54) is 5.57 Å². The monoisotopic (exact) mass is 467 g/mol. The number of nitrogens with zero attached hydrogens (tertiary/aromatic N) is 1. The average molecular weight is 468 g/mol. The summed E-state index contributed by atoms with van der Waals surface area (Å²) in [5.41, 5.74) is 0.856. The van der Waals surface area contributed by atoms with Crippen LogP contribution in [-0.4, -0.2) is 97.5 Å². The van der Waals surface area contributed by atoms with E-state index in [9.17, 15) is 4.79 Å². The molecule has 1 N–H and O–H groups in total. The molecule has 4 saturated heterocycles. The minimum atomic E-state index is -0.941. The Kier molecular flexibility index (Phi) is 6.35. The molecule has 1 spiro atoms. The molecule has 1 aliphatic carbocycles. The summed E-state index contributed by atoms with van der Waals surface area (Å²) < 4.78 is 36.1. The number of likely N-dealkylation sites (tertiary alicyclic amines) is 1. The van der Waals surface area contributed by atoms with Crippen molar-refractivity contribution in [2.45, 2.75) is 94.6 Å². The lowest BCUT2D eigenvalue weighted by atomic mass is 9.68. The summed E-state index contributed by atoms with van der Waals surface area (Å²) in [6.07, 6.45) is 5.22. The average Bonchev–Trinajstić information content (AvgIpc) is 3.73. The Bertz CT molecular complexity index is 780. The number of hydrogen-bond donors (Lipinski definition) is 1. The molecule has 9 heteroatoms. The van der Waals surface area contributed by atoms with Gasteiger partial charge in [-0.25, -0.2) is 4.79 Å². The molecule has 5 rings (SSSR count). The van der Waals surface area contributed by atoms with E-state index < -0.39 is 5.97 Å². The fourth-order valence-corrected chi connectivity index (χ4v) is 6.02. The van der Waals surface area contributed by atoms with E-state index in [4.69, 9.17) is 33.5 Å². The van der Waals surface area contributed by atoms with E-state index in [1.54, 1.807) is 7.11 Å². The molecular weight excluding hydrogens is 430 g/mol. The number of rotatable bonds is 10. The summed E-state index contributed by atoms with van der Waals surface area (Å²) in [7, 11) is 1.75. The predicted molar refractivity (Wildman–Crippen MR) is 117 cm³/mol. The standard InChI is InChI=1S/C24H37NO8/c1-14(2)5-6-17-23(3,33-17)20-19(28-4)16(7-9-24(20)13-30-24)31-22-21(32-22)25-10-8-15(11-25)29-12-18(26)27/h5,15-17,19-22H,6-13H2,1-4H3,(H,26,27)/t15-,16+,17?,19+,20+,21?,22?,23-,24-/m0/s1. The molecule has 0 amide bonds. The Labute approximate surface area is 195 Å². The first-order valence-electron chi connectivity index (χ1n) is 12.1. The maximum Gasteiger partial charge on any atom is 0.329 e. The van der Waals surface area contributed by atoms with Crippen molar-refractivity contribution in [2.75, 3.05) is 33.4 Å². The summed E-state index contributed by atoms with van der Waals surface area (Å²) >= 11 is 0. The third-order valence-corrected chi connectivity index (χ3v) is 7.95. The lowest BCUT2D eigenvalue weighted by Crippen LogP contribution is -2.55. The van der Waals surface area contributed by atoms with Crippen molar-refractivity contribution < 1.29 is 38.3 Å². The quantitative estimate of drug-likeness (QED) is 0.381. The van der Waals surface area contributed by atoms with Crippen LogP contribution in [-0.2, 0) is 33.2 Å². The fraction of sp³-hybridized carbons (Fsp3) is 0.875. The Morgan fingerprint density at radius 1 is 1.30 bits per heavy atom. The maximum atomic E-state index is 10.7. The summed E-state index contributed by atoms with van der Waals surface area (Å²) in [5, 5.41) is 8.81. The molecule has 9 atom stereocenters. The van der Waals surface area contributed by atoms with Crippen molar-refractivity contribution in [3.63, 3.8) is 0 Å². The second-order valence-corrected chi connectivity index (χ2v) is 10.6. The smallest absolute Gasteiger partial charge is 0.329 e. The zero-order valence-corrected chi connectivity index (χ0v) is 20.0. The van der Waals surface area contributed by atoms with E-state index in [-0.39, 0.29) is 60.7 Å². The Hall–Kier alpha value is -1.07. The predicted octanol–water partition coefficient (Wildman–Crippen LogP) is 1.94. The van der Waals surface area contributed by atoms with Gasteiger partial charge in [-0.1, -0.05) is 11.6 Å². The third-order valence-electron chi connectivity index (χ3n) is 7.95. The van der Waals surface area contributed by atoms with Gasteiger partial charge in [0.05, 0.1) is 42.5 Å². The molecule has 0 aromatic carbocycles. The number of ether oxygens (including phenoxy) is 6. The van der Waals surface area contributed by atoms with Crippen LogP contribution in [0, 0.1) is 5.92 Å². The van der Waals surface area contributed by atoms with E-state index in [0.29, 0.717) is 6.54 Å². The molecule has 0 radical (unpaired) electrons. The number of methoxy groups -OCH3 is 1. The largest absolute Gasteiger partial charge is 0.480 e. The van der Waals surface area contributed by atoms with Crippen molar-refractivity contribution >= 4 is 5.97 Å². The fourth-order valence-electron chi connectivity index (χ4n) is 6.02. The highest BCUT2D eigenvalue weighted by molar-refractivity contribution is 5.68. The third kappa shape index (κ3) is 4.74. The van der Waals surface area contributed by atoms with Crippen LogP contribution < -0.4 is 0 Å². The van der Waals surface area contributed by atoms with Gasteiger partial charge < -0.3 is 33.5 Å². The summed E-state index contributed by atoms with van der Waals surface area (Å²) in [6, 6.07) is 0. The van der Waals surface area contributed by atoms with Crippen molar-refractivity contribution in [3.8, 4) is 0 Å². The van der Waals surface area contributed by atoms with Gasteiger partial charge in [-0.2, -0.15) is 0 Å². The van der Waals surface area contributed by atoms with Crippen molar-refractivity contribution in [1.82, 2.24) is 4.90 Å². The van der Waals surface area contributed by atoms with Gasteiger partial charge in [0.15, 0.2) is 12.5 Å². The number of hydrogen-bond acceptors (Lipinski definition) is 8. The van der Waals surface area contributed by atoms with Crippen LogP contribution >= 0.6 is 0 Å². The van der Waals surface area contributed by atoms with Crippen LogP contribution in [0.15, 0.2) is 11.6 Å². The topological polar surface area (TPSA) is 106 Å². The van der Waals surface area contributed by atoms with Crippen molar-refractivity contribution in [1.29, 1.82) is 0 Å². The summed E-state index contributed by atoms with van der Waals surface area (Å²) in [4.78, 5) is 12.9. The number of allylic oxidation sites excluding steroid dienone is 1. The number of carbonyl (C=O) groups is 1. The Balaban J connectivity index is 1.18. The summed E-state index contributed by atoms with van der Waals surface area (Å²) in [5.74, 6) is -0.828. The normalized spacial score (nSPS) is 46.4. The van der Waals surface area contributed by atoms with Crippen LogP contribution in [0.1, 0.15) is 46.5 Å². The van der Waals surface area contributed by atoms with Crippen LogP contribution in [0.5, 0.6) is 0 Å². The molecule has 0 aromatic rings. The number of aliphatic carboxylic acids is 1. The van der Waals surface area contributed by atoms with E-state index in [2.05, 4.69) is 31.7 Å². The molecule has 0 bridgehead atoms. The Morgan fingerprint density at radius 2 is 2.09 bits per heavy atom. The van der Waals surface area contributed by atoms with E-state index >= 15 is 0 Å². The van der Waals surface area contributed by atoms with Gasteiger partial charge in [0.2, 0.25) is 0 Å². The van der Waals surface area contributed by atoms with Gasteiger partial charge in [0.25, 0.3) is 0 Å². The minimum Gasteiger partial charge on any atom is -0.480 e. The first kappa shape index (κ1) is 23.7. The first-order chi connectivity index (χ1) is 15.8. The zero-order chi connectivity index (χ0) is 23.4. The lowest BCUT2D eigenvalue weighted by Gasteiger charge is -2.42. The molecule has 33 heavy (non-hydrogen) atoms. The number of carboxylic acids is 1. The molecule has 5 aliphatic rings. The molecule has 0 aromatic heterocycles. The van der Waals surface area contributed by atoms with Crippen LogP contribution in [0.25, 0.3) is 0 Å². The second-order valence-electron chi connectivity index (χ2n) is 10.6. The van der Waals surface area contributed by atoms with Gasteiger partial charge in [-0.3, -0.25) is 4.90 Å². The second kappa shape index (κ2) is 8.86. The first-order valence-corrected chi connectivity index (χ1v) is 12.1. The molecule has 4 aliphatic heterocycles. The van der Waals surface area contributed by atoms with E-state index in [1.807, 2.05) is 0 Å². The zero-order valence-electron chi connectivity index (χ0n) is 20.0. The summed E-state index contributed by atoms with van der Waals surface area (Å²) in [6.45, 7) is 8.38. The SMILES string of the molecule is CO[C@@H]1[C@H](OC2OC2N2CC[C@H](OCC(=O)O)C2)CC[C@]2(CO2)[C@H]1[C@@]1(C)OC1CC=C(C)C. The highest BCUT2D eigenvalue weighted by Gasteiger charge is 2.72. The van der Waals surface area contributed by atoms with Gasteiger partial charge >= 0.3 is 5.97 Å². The van der Waals surface area contributed by atoms with Gasteiger partial charge in [0.1, 0.15) is 12.2 Å². The highest BCUT2D eigenvalue weighted by atomic mass is 16.8. The Morgan fingerprint density at radius 3 is 2.76 bits per heavy atom. The highest BCUT2D eigenvalue weighted by Crippen LogP contribution is 2.60. The molecular formula is C24H37NO8. The van der Waals surface area contributed by atoms with Crippen LogP contribution in [0.4, 0.5) is 0 Å². The van der Waals surface area contributed by atoms with Crippen LogP contribution in [0.2, 0.25) is 0 Å². The molecule has 9 nitrogen and oxygen atoms in total. The molecule has 1 saturated carbocycles. The molecule has 186 valence electrons. The van der Waals surface area contributed by atoms with E-state index in [0.717, 1.165) is 38.8 Å². The number of epoxide rings is 3. The lowest BCUT2D eigenvalue weighted by molar-refractivity contribution is -0.155.